The van der Waals surface area contributed by atoms with E-state index in [4.69, 9.17) is 16.6 Å². The van der Waals surface area contributed by atoms with Crippen molar-refractivity contribution in [1.29, 1.82) is 0 Å². The fraction of sp³-hybridized carbons (Fsp3) is 0.276. The van der Waals surface area contributed by atoms with Gasteiger partial charge in [-0.2, -0.15) is 0 Å². The Kier molecular flexibility index (Phi) is 6.44. The number of fused-ring (bicyclic) bond motifs is 1. The molecule has 0 N–H and O–H groups in total. The van der Waals surface area contributed by atoms with Crippen molar-refractivity contribution in [3.8, 4) is 0 Å². The number of likely N-dealkylation sites (tertiary alicyclic amines) is 1. The summed E-state index contributed by atoms with van der Waals surface area (Å²) in [5, 5.41) is 1.05. The molecule has 5 rings (SSSR count). The lowest BCUT2D eigenvalue weighted by molar-refractivity contribution is -0.140. The Morgan fingerprint density at radius 2 is 1.66 bits per heavy atom. The lowest BCUT2D eigenvalue weighted by Crippen LogP contribution is -2.44. The van der Waals surface area contributed by atoms with E-state index in [9.17, 15) is 9.59 Å². The number of amides is 1. The fourth-order valence-corrected chi connectivity index (χ4v) is 5.11. The van der Waals surface area contributed by atoms with Gasteiger partial charge >= 0.3 is 0 Å². The highest BCUT2D eigenvalue weighted by molar-refractivity contribution is 6.31. The second kappa shape index (κ2) is 9.67. The van der Waals surface area contributed by atoms with E-state index < -0.39 is 0 Å². The molecule has 178 valence electrons. The number of benzene rings is 3. The number of nitrogens with zero attached hydrogens (tertiary/aromatic N) is 3. The molecule has 0 bridgehead atoms. The molecular weight excluding hydrogens is 458 g/mol. The zero-order valence-electron chi connectivity index (χ0n) is 19.9. The van der Waals surface area contributed by atoms with Gasteiger partial charge in [0.25, 0.3) is 5.56 Å². The quantitative estimate of drug-likeness (QED) is 0.353. The van der Waals surface area contributed by atoms with Crippen molar-refractivity contribution in [3.05, 3.63) is 111 Å². The molecule has 1 amide bonds. The molecule has 5 nitrogen and oxygen atoms in total. The number of aryl methyl sites for hydroxylation is 1. The van der Waals surface area contributed by atoms with Gasteiger partial charge < -0.3 is 4.90 Å². The number of carbonyl (C=O) groups excluding carboxylic acids is 1. The predicted octanol–water partition coefficient (Wildman–Crippen LogP) is 5.91. The monoisotopic (exact) mass is 485 g/mol. The summed E-state index contributed by atoms with van der Waals surface area (Å²) in [6.45, 7) is 5.05. The molecular formula is C29H28ClN3O2. The van der Waals surface area contributed by atoms with Crippen molar-refractivity contribution < 1.29 is 4.79 Å². The van der Waals surface area contributed by atoms with Crippen LogP contribution in [0.3, 0.4) is 0 Å². The van der Waals surface area contributed by atoms with Crippen LogP contribution in [0.2, 0.25) is 5.02 Å². The summed E-state index contributed by atoms with van der Waals surface area (Å²) in [5.41, 5.74) is 3.68. The highest BCUT2D eigenvalue weighted by Crippen LogP contribution is 2.37. The van der Waals surface area contributed by atoms with E-state index in [1.807, 2.05) is 42.2 Å². The molecule has 1 fully saturated rings. The highest BCUT2D eigenvalue weighted by Gasteiger charge is 2.37. The molecule has 1 aliphatic heterocycles. The first-order valence-corrected chi connectivity index (χ1v) is 12.4. The molecule has 0 aliphatic carbocycles. The molecule has 0 radical (unpaired) electrons. The molecule has 1 aliphatic rings. The molecule has 35 heavy (non-hydrogen) atoms. The van der Waals surface area contributed by atoms with Crippen LogP contribution in [0.15, 0.2) is 77.6 Å². The third kappa shape index (κ3) is 4.73. The summed E-state index contributed by atoms with van der Waals surface area (Å²) in [6.07, 6.45) is 1.24. The van der Waals surface area contributed by atoms with Crippen molar-refractivity contribution in [2.45, 2.75) is 45.8 Å². The summed E-state index contributed by atoms with van der Waals surface area (Å²) < 4.78 is 1.74. The number of hydrogen-bond acceptors (Lipinski definition) is 3. The van der Waals surface area contributed by atoms with Crippen LogP contribution in [-0.4, -0.2) is 20.4 Å². The van der Waals surface area contributed by atoms with Crippen LogP contribution < -0.4 is 5.56 Å². The van der Waals surface area contributed by atoms with Gasteiger partial charge in [-0.05, 0) is 48.6 Å². The van der Waals surface area contributed by atoms with Crippen LogP contribution in [0.5, 0.6) is 0 Å². The predicted molar refractivity (Wildman–Crippen MR) is 139 cm³/mol. The van der Waals surface area contributed by atoms with Gasteiger partial charge in [-0.15, -0.1) is 0 Å². The number of hydrogen-bond donors (Lipinski definition) is 0. The summed E-state index contributed by atoms with van der Waals surface area (Å²) in [7, 11) is 0. The van der Waals surface area contributed by atoms with Crippen LogP contribution in [-0.2, 0) is 17.9 Å². The second-order valence-electron chi connectivity index (χ2n) is 9.48. The Balaban J connectivity index is 1.68. The van der Waals surface area contributed by atoms with E-state index in [2.05, 4.69) is 31.2 Å². The van der Waals surface area contributed by atoms with Crippen molar-refractivity contribution in [2.24, 2.45) is 5.92 Å². The van der Waals surface area contributed by atoms with Gasteiger partial charge in [0.15, 0.2) is 0 Å². The molecule has 0 saturated carbocycles. The Morgan fingerprint density at radius 3 is 2.40 bits per heavy atom. The molecule has 4 aromatic rings. The van der Waals surface area contributed by atoms with E-state index in [-0.39, 0.29) is 23.4 Å². The standard InChI is InChI=1S/C29H28ClN3O2/c1-19-8-11-22(12-9-19)17-32-26(34)15-10-20(2)27(32)28-31-25-16-23(30)13-14-24(25)29(35)33(28)18-21-6-4-3-5-7-21/h3-9,11-14,16,20,27H,10,15,17-18H2,1-2H3. The van der Waals surface area contributed by atoms with Crippen molar-refractivity contribution in [2.75, 3.05) is 0 Å². The van der Waals surface area contributed by atoms with E-state index in [1.165, 1.54) is 5.56 Å². The zero-order valence-corrected chi connectivity index (χ0v) is 20.7. The van der Waals surface area contributed by atoms with Crippen molar-refractivity contribution >= 4 is 28.4 Å². The molecule has 6 heteroatoms. The Morgan fingerprint density at radius 1 is 0.943 bits per heavy atom. The third-order valence-electron chi connectivity index (χ3n) is 6.88. The van der Waals surface area contributed by atoms with Crippen LogP contribution in [0.1, 0.15) is 48.3 Å². The minimum atomic E-state index is -0.322. The average molecular weight is 486 g/mol. The number of rotatable bonds is 5. The lowest BCUT2D eigenvalue weighted by atomic mass is 9.88. The third-order valence-corrected chi connectivity index (χ3v) is 7.11. The zero-order chi connectivity index (χ0) is 24.5. The number of carbonyl (C=O) groups is 1. The van der Waals surface area contributed by atoms with Gasteiger partial charge in [0.2, 0.25) is 5.91 Å². The van der Waals surface area contributed by atoms with E-state index >= 15 is 0 Å². The van der Waals surface area contributed by atoms with Crippen molar-refractivity contribution in [3.63, 3.8) is 0 Å². The van der Waals surface area contributed by atoms with Crippen LogP contribution in [0, 0.1) is 12.8 Å². The highest BCUT2D eigenvalue weighted by atomic mass is 35.5. The molecule has 0 spiro atoms. The first-order chi connectivity index (χ1) is 16.9. The molecule has 2 unspecified atom stereocenters. The smallest absolute Gasteiger partial charge is 0.261 e. The molecule has 1 saturated heterocycles. The Bertz CT molecular complexity index is 1430. The summed E-state index contributed by atoms with van der Waals surface area (Å²) in [5.74, 6) is 0.838. The van der Waals surface area contributed by atoms with Gasteiger partial charge in [0.1, 0.15) is 5.82 Å². The maximum Gasteiger partial charge on any atom is 0.261 e. The van der Waals surface area contributed by atoms with Gasteiger partial charge in [-0.1, -0.05) is 78.7 Å². The Labute approximate surface area is 210 Å². The van der Waals surface area contributed by atoms with E-state index in [0.29, 0.717) is 41.3 Å². The SMILES string of the molecule is Cc1ccc(CN2C(=O)CCC(C)C2c2nc3cc(Cl)ccc3c(=O)n2Cc2ccccc2)cc1. The van der Waals surface area contributed by atoms with Crippen LogP contribution in [0.25, 0.3) is 10.9 Å². The van der Waals surface area contributed by atoms with Crippen LogP contribution in [0.4, 0.5) is 0 Å². The van der Waals surface area contributed by atoms with Gasteiger partial charge in [-0.3, -0.25) is 14.2 Å². The van der Waals surface area contributed by atoms with Gasteiger partial charge in [-0.25, -0.2) is 4.98 Å². The largest absolute Gasteiger partial charge is 0.328 e. The van der Waals surface area contributed by atoms with Gasteiger partial charge in [0.05, 0.1) is 23.5 Å². The minimum Gasteiger partial charge on any atom is -0.328 e. The number of aromatic nitrogens is 2. The summed E-state index contributed by atoms with van der Waals surface area (Å²) in [4.78, 5) is 33.9. The molecule has 2 atom stereocenters. The molecule has 2 heterocycles. The van der Waals surface area contributed by atoms with Crippen molar-refractivity contribution in [1.82, 2.24) is 14.5 Å². The van der Waals surface area contributed by atoms with E-state index in [0.717, 1.165) is 17.5 Å². The minimum absolute atomic E-state index is 0.0837. The van der Waals surface area contributed by atoms with Gasteiger partial charge in [0, 0.05) is 18.0 Å². The lowest BCUT2D eigenvalue weighted by Gasteiger charge is -2.40. The second-order valence-corrected chi connectivity index (χ2v) is 9.91. The first kappa shape index (κ1) is 23.3. The number of halogens is 1. The Hall–Kier alpha value is -3.44. The van der Waals surface area contributed by atoms with E-state index in [1.54, 1.807) is 22.8 Å². The average Bonchev–Trinajstić information content (AvgIpc) is 2.85. The normalized spacial score (nSPS) is 18.3. The molecule has 3 aromatic carbocycles. The maximum absolute atomic E-state index is 13.8. The first-order valence-electron chi connectivity index (χ1n) is 12.0. The number of piperidine rings is 1. The topological polar surface area (TPSA) is 55.2 Å². The fourth-order valence-electron chi connectivity index (χ4n) is 4.94. The maximum atomic E-state index is 13.8. The summed E-state index contributed by atoms with van der Waals surface area (Å²) >= 11 is 6.27. The molecule has 1 aromatic heterocycles. The van der Waals surface area contributed by atoms with Crippen LogP contribution >= 0.6 is 11.6 Å². The summed E-state index contributed by atoms with van der Waals surface area (Å²) in [6, 6.07) is 23.0.